The van der Waals surface area contributed by atoms with E-state index >= 15 is 0 Å². The predicted octanol–water partition coefficient (Wildman–Crippen LogP) is 6.04. The Morgan fingerprint density at radius 2 is 1.36 bits per heavy atom. The summed E-state index contributed by atoms with van der Waals surface area (Å²) in [5.74, 6) is -3.61. The van der Waals surface area contributed by atoms with E-state index in [0.29, 0.717) is 32.1 Å². The Morgan fingerprint density at radius 3 is 2.02 bits per heavy atom. The number of hydrogen-bond donors (Lipinski definition) is 3. The monoisotopic (exact) mass is 617 g/mol. The number of carboxylic acid groups (broad SMARTS) is 2. The summed E-state index contributed by atoms with van der Waals surface area (Å²) in [6.07, 6.45) is -2.24. The van der Waals surface area contributed by atoms with Crippen LogP contribution in [0.1, 0.15) is 55.2 Å². The summed E-state index contributed by atoms with van der Waals surface area (Å²) < 4.78 is 48.8. The molecule has 0 aliphatic carbocycles. The fourth-order valence-electron chi connectivity index (χ4n) is 4.77. The number of carboxylic acids is 2. The summed E-state index contributed by atoms with van der Waals surface area (Å²) >= 11 is 0. The number of hydrogen-bond acceptors (Lipinski definition) is 5. The van der Waals surface area contributed by atoms with Gasteiger partial charge in [0.25, 0.3) is 5.91 Å². The molecule has 11 heteroatoms. The number of halogens is 3. The Labute approximate surface area is 254 Å². The number of amides is 1. The Kier molecular flexibility index (Phi) is 13.6. The summed E-state index contributed by atoms with van der Waals surface area (Å²) in [6.45, 7) is -0.613. The van der Waals surface area contributed by atoms with Gasteiger partial charge in [0.1, 0.15) is 6.61 Å². The highest BCUT2D eigenvalue weighted by Gasteiger charge is 2.36. The molecule has 0 spiro atoms. The van der Waals surface area contributed by atoms with E-state index in [-0.39, 0.29) is 13.2 Å². The molecule has 0 bridgehead atoms. The van der Waals surface area contributed by atoms with Crippen molar-refractivity contribution in [1.82, 2.24) is 5.32 Å². The van der Waals surface area contributed by atoms with Crippen LogP contribution in [-0.2, 0) is 42.9 Å². The van der Waals surface area contributed by atoms with Crippen LogP contribution in [0.3, 0.4) is 0 Å². The number of ether oxygens (including phenoxy) is 2. The van der Waals surface area contributed by atoms with Crippen LogP contribution >= 0.6 is 0 Å². The normalized spacial score (nSPS) is 13.0. The van der Waals surface area contributed by atoms with E-state index in [9.17, 15) is 32.7 Å². The van der Waals surface area contributed by atoms with Crippen molar-refractivity contribution in [1.29, 1.82) is 0 Å². The summed E-state index contributed by atoms with van der Waals surface area (Å²) in [5.41, 5.74) is 1.26. The number of carbonyl (C=O) groups excluding carboxylic acids is 1. The lowest BCUT2D eigenvalue weighted by molar-refractivity contribution is -0.172. The second-order valence-corrected chi connectivity index (χ2v) is 10.5. The number of fused-ring (bicyclic) bond motifs is 1. The molecule has 2 atom stereocenters. The highest BCUT2D eigenvalue weighted by molar-refractivity contribution is 5.88. The summed E-state index contributed by atoms with van der Waals surface area (Å²) in [5, 5.41) is 23.6. The minimum Gasteiger partial charge on any atom is -0.480 e. The number of benzene rings is 3. The third-order valence-electron chi connectivity index (χ3n) is 7.11. The SMILES string of the molecule is O=C(O)COC(C(=O)O)C(OCCCCCc1ccc(C(F)(F)F)cc1)C(=O)NCCCCCc1ccc2ccccc2c1. The molecule has 0 aliphatic rings. The molecule has 0 aromatic heterocycles. The third kappa shape index (κ3) is 11.6. The van der Waals surface area contributed by atoms with Crippen LogP contribution in [0.4, 0.5) is 13.2 Å². The van der Waals surface area contributed by atoms with Gasteiger partial charge >= 0.3 is 18.1 Å². The highest BCUT2D eigenvalue weighted by Crippen LogP contribution is 2.29. The second-order valence-electron chi connectivity index (χ2n) is 10.5. The lowest BCUT2D eigenvalue weighted by Gasteiger charge is -2.23. The van der Waals surface area contributed by atoms with E-state index in [1.165, 1.54) is 28.5 Å². The fourth-order valence-corrected chi connectivity index (χ4v) is 4.77. The molecular formula is C33H38F3NO7. The van der Waals surface area contributed by atoms with Gasteiger partial charge in [-0.15, -0.1) is 0 Å². The van der Waals surface area contributed by atoms with E-state index < -0.39 is 48.4 Å². The number of carbonyl (C=O) groups is 3. The maximum absolute atomic E-state index is 12.9. The molecule has 0 heterocycles. The maximum atomic E-state index is 12.9. The highest BCUT2D eigenvalue weighted by atomic mass is 19.4. The quantitative estimate of drug-likeness (QED) is 0.140. The standard InChI is InChI=1S/C33H38F3NO7/c34-33(35,36)27-17-14-23(15-18-27)9-4-2-8-20-43-29(30(32(41)42)44-22-28(38)39)31(40)37-19-7-1-3-10-24-13-16-25-11-5-6-12-26(25)21-24/h5-6,11-18,21,29-30H,1-4,7-10,19-20,22H2,(H,37,40)(H,38,39)(H,41,42). The largest absolute Gasteiger partial charge is 0.480 e. The van der Waals surface area contributed by atoms with Gasteiger partial charge in [-0.05, 0) is 72.6 Å². The number of rotatable bonds is 19. The number of aryl methyl sites for hydroxylation is 2. The van der Waals surface area contributed by atoms with Gasteiger partial charge in [0, 0.05) is 13.2 Å². The molecule has 238 valence electrons. The van der Waals surface area contributed by atoms with Crippen molar-refractivity contribution in [2.45, 2.75) is 69.8 Å². The van der Waals surface area contributed by atoms with Crippen LogP contribution in [-0.4, -0.2) is 60.0 Å². The van der Waals surface area contributed by atoms with Crippen molar-refractivity contribution in [2.24, 2.45) is 0 Å². The van der Waals surface area contributed by atoms with Crippen molar-refractivity contribution in [3.05, 3.63) is 83.4 Å². The molecule has 44 heavy (non-hydrogen) atoms. The lowest BCUT2D eigenvalue weighted by Crippen LogP contribution is -2.49. The van der Waals surface area contributed by atoms with Crippen LogP contribution in [0.2, 0.25) is 0 Å². The molecule has 3 rings (SSSR count). The van der Waals surface area contributed by atoms with Gasteiger partial charge in [0.05, 0.1) is 5.56 Å². The van der Waals surface area contributed by atoms with Crippen LogP contribution in [0, 0.1) is 0 Å². The van der Waals surface area contributed by atoms with Crippen molar-refractivity contribution in [2.75, 3.05) is 19.8 Å². The Bertz CT molecular complexity index is 1360. The van der Waals surface area contributed by atoms with Gasteiger partial charge in [-0.1, -0.05) is 67.4 Å². The molecule has 8 nitrogen and oxygen atoms in total. The zero-order valence-electron chi connectivity index (χ0n) is 24.4. The Morgan fingerprint density at radius 1 is 0.727 bits per heavy atom. The van der Waals surface area contributed by atoms with Gasteiger partial charge in [-0.25, -0.2) is 9.59 Å². The Hall–Kier alpha value is -3.96. The van der Waals surface area contributed by atoms with Crippen molar-refractivity contribution in [3.63, 3.8) is 0 Å². The summed E-state index contributed by atoms with van der Waals surface area (Å²) in [6, 6.07) is 19.4. The van der Waals surface area contributed by atoms with E-state index in [0.717, 1.165) is 37.0 Å². The molecule has 3 aromatic carbocycles. The van der Waals surface area contributed by atoms with Crippen LogP contribution in [0.25, 0.3) is 10.8 Å². The first-order chi connectivity index (χ1) is 21.0. The number of unbranched alkanes of at least 4 members (excludes halogenated alkanes) is 4. The molecule has 0 saturated heterocycles. The molecule has 3 N–H and O–H groups in total. The van der Waals surface area contributed by atoms with Gasteiger partial charge < -0.3 is 25.0 Å². The molecule has 0 aliphatic heterocycles. The van der Waals surface area contributed by atoms with Crippen molar-refractivity contribution < 1.29 is 47.2 Å². The first-order valence-electron chi connectivity index (χ1n) is 14.6. The maximum Gasteiger partial charge on any atom is 0.416 e. The van der Waals surface area contributed by atoms with E-state index in [2.05, 4.69) is 35.6 Å². The topological polar surface area (TPSA) is 122 Å². The molecular weight excluding hydrogens is 579 g/mol. The molecule has 3 aromatic rings. The van der Waals surface area contributed by atoms with Gasteiger partial charge in [0.15, 0.2) is 12.2 Å². The smallest absolute Gasteiger partial charge is 0.416 e. The van der Waals surface area contributed by atoms with Crippen molar-refractivity contribution >= 4 is 28.6 Å². The first-order valence-corrected chi connectivity index (χ1v) is 14.6. The predicted molar refractivity (Wildman–Crippen MR) is 158 cm³/mol. The van der Waals surface area contributed by atoms with E-state index in [1.54, 1.807) is 0 Å². The number of aliphatic carboxylic acids is 2. The minimum absolute atomic E-state index is 0.0110. The number of alkyl halides is 3. The average Bonchev–Trinajstić information content (AvgIpc) is 2.98. The van der Waals surface area contributed by atoms with Crippen LogP contribution < -0.4 is 5.32 Å². The molecule has 1 amide bonds. The second kappa shape index (κ2) is 17.4. The van der Waals surface area contributed by atoms with Gasteiger partial charge in [0.2, 0.25) is 0 Å². The van der Waals surface area contributed by atoms with Gasteiger partial charge in [-0.2, -0.15) is 13.2 Å². The Balaban J connectivity index is 1.43. The lowest BCUT2D eigenvalue weighted by atomic mass is 10.0. The van der Waals surface area contributed by atoms with E-state index in [1.807, 2.05) is 12.1 Å². The van der Waals surface area contributed by atoms with Crippen molar-refractivity contribution in [3.8, 4) is 0 Å². The summed E-state index contributed by atoms with van der Waals surface area (Å²) in [7, 11) is 0. The molecule has 0 saturated carbocycles. The molecule has 2 unspecified atom stereocenters. The average molecular weight is 618 g/mol. The zero-order valence-corrected chi connectivity index (χ0v) is 24.4. The number of nitrogens with one attached hydrogen (secondary N) is 1. The van der Waals surface area contributed by atoms with Crippen LogP contribution in [0.15, 0.2) is 66.7 Å². The fraction of sp³-hybridized carbons (Fsp3) is 0.424. The first kappa shape index (κ1) is 34.5. The minimum atomic E-state index is -4.39. The van der Waals surface area contributed by atoms with E-state index in [4.69, 9.17) is 14.6 Å². The molecule has 0 radical (unpaired) electrons. The van der Waals surface area contributed by atoms with Crippen LogP contribution in [0.5, 0.6) is 0 Å². The zero-order chi connectivity index (χ0) is 32.0. The third-order valence-corrected chi connectivity index (χ3v) is 7.11. The molecule has 0 fully saturated rings. The summed E-state index contributed by atoms with van der Waals surface area (Å²) in [4.78, 5) is 35.7. The van der Waals surface area contributed by atoms with Gasteiger partial charge in [-0.3, -0.25) is 4.79 Å².